The Labute approximate surface area is 257 Å². The van der Waals surface area contributed by atoms with E-state index >= 15 is 0 Å². The monoisotopic (exact) mass is 716 g/mol. The maximum Gasteiger partial charge on any atom is 0.490 e. The summed E-state index contributed by atoms with van der Waals surface area (Å²) in [7, 11) is -14.9. The van der Waals surface area contributed by atoms with E-state index < -0.39 is 71.3 Å². The van der Waals surface area contributed by atoms with Crippen LogP contribution in [-0.2, 0) is 36.1 Å². The number of nitro groups is 1. The van der Waals surface area contributed by atoms with E-state index in [4.69, 9.17) is 24.5 Å². The second kappa shape index (κ2) is 13.5. The summed E-state index contributed by atoms with van der Waals surface area (Å²) in [4.78, 5) is 52.4. The number of hydrogen-bond donors (Lipinski definition) is 6. The van der Waals surface area contributed by atoms with Crippen LogP contribution in [0.1, 0.15) is 24.8 Å². The van der Waals surface area contributed by atoms with E-state index in [0.717, 1.165) is 25.4 Å². The van der Waals surface area contributed by atoms with Gasteiger partial charge in [0.2, 0.25) is 0 Å². The third-order valence-corrected chi connectivity index (χ3v) is 10.6. The maximum absolute atomic E-state index is 12.5. The lowest BCUT2D eigenvalue weighted by Gasteiger charge is -2.22. The van der Waals surface area contributed by atoms with Gasteiger partial charge in [-0.3, -0.25) is 23.7 Å². The van der Waals surface area contributed by atoms with Crippen LogP contribution in [0.25, 0.3) is 11.2 Å². The van der Waals surface area contributed by atoms with Crippen LogP contribution in [0.5, 0.6) is 11.5 Å². The number of aliphatic hydroxyl groups is 2. The summed E-state index contributed by atoms with van der Waals surface area (Å²) < 4.78 is 71.5. The van der Waals surface area contributed by atoms with Crippen molar-refractivity contribution < 1.29 is 75.4 Å². The van der Waals surface area contributed by atoms with Gasteiger partial charge in [-0.25, -0.2) is 28.6 Å². The van der Waals surface area contributed by atoms with Crippen molar-refractivity contribution in [2.24, 2.45) is 0 Å². The average Bonchev–Trinajstić information content (AvgIpc) is 3.50. The summed E-state index contributed by atoms with van der Waals surface area (Å²) >= 11 is 0. The van der Waals surface area contributed by atoms with E-state index in [1.165, 1.54) is 25.1 Å². The molecule has 1 aliphatic heterocycles. The first-order chi connectivity index (χ1) is 21.4. The maximum atomic E-state index is 12.5. The summed E-state index contributed by atoms with van der Waals surface area (Å²) in [6, 6.07) is 1.98. The number of phosphoric acid groups is 3. The standard InChI is InChI=1S/C20H27N6O17P3/c1-9(10-4-12(37-2)13(38-3)5-11(10)26(29)30)41-45(33,34)43-46(35,36)42-44(31,32)39-6-14-16(27)17(28)20(40-14)25-8-24-15-18(21)22-7-23-19(15)25/h4-5,7-9,14,16-17,20,27-28H,6H2,1-3H3,(H,31,32)(H,33,34)(H,35,36)(H2,21,22,23). The van der Waals surface area contributed by atoms with Gasteiger partial charge in [0.05, 0.1) is 49.8 Å². The van der Waals surface area contributed by atoms with E-state index in [1.54, 1.807) is 0 Å². The normalized spacial score (nSPS) is 24.5. The molecule has 2 aromatic heterocycles. The summed E-state index contributed by atoms with van der Waals surface area (Å²) in [5.74, 6) is -0.0784. The number of aromatic nitrogens is 4. The number of ether oxygens (including phenoxy) is 3. The molecule has 46 heavy (non-hydrogen) atoms. The topological polar surface area (TPSA) is 330 Å². The second-order valence-electron chi connectivity index (χ2n) is 9.26. The predicted octanol–water partition coefficient (Wildman–Crippen LogP) is 1.08. The number of anilines is 1. The SMILES string of the molecule is COc1cc(C(C)OP(=O)(O)OP(=O)(O)OP(=O)(O)OCC2OC(n3cnc4c(N)ncnc43)C(O)C2O)c([N+](=O)[O-])cc1OC. The van der Waals surface area contributed by atoms with Gasteiger partial charge < -0.3 is 44.8 Å². The molecule has 0 bridgehead atoms. The van der Waals surface area contributed by atoms with Crippen molar-refractivity contribution in [1.29, 1.82) is 0 Å². The third-order valence-electron chi connectivity index (χ3n) is 6.27. The Bertz CT molecular complexity index is 1760. The Morgan fingerprint density at radius 2 is 1.65 bits per heavy atom. The Hall–Kier alpha value is -3.14. The summed E-state index contributed by atoms with van der Waals surface area (Å²) in [6.07, 6.45) is -5.68. The van der Waals surface area contributed by atoms with Crippen molar-refractivity contribution in [3.8, 4) is 11.5 Å². The number of nitrogens with two attached hydrogens (primary N) is 1. The molecule has 0 radical (unpaired) electrons. The number of fused-ring (bicyclic) bond motifs is 1. The van der Waals surface area contributed by atoms with Crippen LogP contribution >= 0.6 is 23.5 Å². The minimum atomic E-state index is -5.96. The lowest BCUT2D eigenvalue weighted by atomic mass is 10.1. The zero-order chi connectivity index (χ0) is 34.2. The zero-order valence-corrected chi connectivity index (χ0v) is 26.4. The molecule has 0 amide bonds. The molecule has 23 nitrogen and oxygen atoms in total. The first-order valence-corrected chi connectivity index (χ1v) is 17.0. The van der Waals surface area contributed by atoms with Gasteiger partial charge in [0.1, 0.15) is 30.2 Å². The highest BCUT2D eigenvalue weighted by atomic mass is 31.3. The highest BCUT2D eigenvalue weighted by Gasteiger charge is 2.47. The van der Waals surface area contributed by atoms with Crippen LogP contribution in [0, 0.1) is 10.1 Å². The molecule has 254 valence electrons. The molecule has 1 saturated heterocycles. The quantitative estimate of drug-likeness (QED) is 0.0772. The van der Waals surface area contributed by atoms with E-state index in [2.05, 4.69) is 28.1 Å². The summed E-state index contributed by atoms with van der Waals surface area (Å²) in [5, 5.41) is 32.4. The molecule has 8 unspecified atom stereocenters. The van der Waals surface area contributed by atoms with Crippen molar-refractivity contribution in [2.45, 2.75) is 37.6 Å². The molecule has 0 aliphatic carbocycles. The van der Waals surface area contributed by atoms with E-state index in [0.29, 0.717) is 0 Å². The van der Waals surface area contributed by atoms with E-state index in [-0.39, 0.29) is 34.0 Å². The predicted molar refractivity (Wildman–Crippen MR) is 149 cm³/mol. The number of aliphatic hydroxyl groups excluding tert-OH is 2. The van der Waals surface area contributed by atoms with Gasteiger partial charge in [-0.2, -0.15) is 8.62 Å². The molecular formula is C20H27N6O17P3. The van der Waals surface area contributed by atoms with E-state index in [9.17, 15) is 48.7 Å². The van der Waals surface area contributed by atoms with Crippen LogP contribution in [-0.4, -0.2) is 88.5 Å². The number of rotatable bonds is 14. The van der Waals surface area contributed by atoms with Crippen LogP contribution in [0.15, 0.2) is 24.8 Å². The smallest absolute Gasteiger partial charge is 0.490 e. The van der Waals surface area contributed by atoms with Gasteiger partial charge in [0, 0.05) is 0 Å². The van der Waals surface area contributed by atoms with Crippen molar-refractivity contribution in [3.05, 3.63) is 40.5 Å². The lowest BCUT2D eigenvalue weighted by molar-refractivity contribution is -0.386. The number of nitro benzene ring substituents is 1. The Kier molecular flexibility index (Phi) is 10.5. The van der Waals surface area contributed by atoms with Gasteiger partial charge >= 0.3 is 23.5 Å². The summed E-state index contributed by atoms with van der Waals surface area (Å²) in [6.45, 7) is 0.0202. The number of benzene rings is 1. The summed E-state index contributed by atoms with van der Waals surface area (Å²) in [5.41, 5.74) is 5.00. The lowest BCUT2D eigenvalue weighted by Crippen LogP contribution is -2.33. The molecular weight excluding hydrogens is 689 g/mol. The van der Waals surface area contributed by atoms with Gasteiger partial charge in [0.25, 0.3) is 5.69 Å². The first kappa shape index (κ1) is 35.7. The second-order valence-corrected chi connectivity index (χ2v) is 13.9. The number of methoxy groups -OCH3 is 2. The van der Waals surface area contributed by atoms with Gasteiger partial charge in [-0.05, 0) is 13.0 Å². The fraction of sp³-hybridized carbons (Fsp3) is 0.450. The number of phosphoric ester groups is 2. The molecule has 0 spiro atoms. The minimum absolute atomic E-state index is 0.0141. The number of nitrogens with zero attached hydrogens (tertiary/aromatic N) is 5. The Balaban J connectivity index is 1.40. The third kappa shape index (κ3) is 7.86. The average molecular weight is 716 g/mol. The van der Waals surface area contributed by atoms with Crippen molar-refractivity contribution in [1.82, 2.24) is 19.5 Å². The molecule has 0 saturated carbocycles. The number of hydrogen-bond acceptors (Lipinski definition) is 18. The van der Waals surface area contributed by atoms with E-state index in [1.807, 2.05) is 0 Å². The molecule has 3 aromatic rings. The largest absolute Gasteiger partial charge is 0.493 e. The van der Waals surface area contributed by atoms with Crippen molar-refractivity contribution in [3.63, 3.8) is 0 Å². The minimum Gasteiger partial charge on any atom is -0.493 e. The number of nitrogen functional groups attached to an aromatic ring is 1. The Morgan fingerprint density at radius 3 is 2.28 bits per heavy atom. The fourth-order valence-electron chi connectivity index (χ4n) is 4.26. The fourth-order valence-corrected chi connectivity index (χ4v) is 7.93. The van der Waals surface area contributed by atoms with Crippen LogP contribution in [0.3, 0.4) is 0 Å². The van der Waals surface area contributed by atoms with Gasteiger partial charge in [0.15, 0.2) is 29.2 Å². The van der Waals surface area contributed by atoms with Crippen LogP contribution in [0.4, 0.5) is 11.5 Å². The van der Waals surface area contributed by atoms with Crippen LogP contribution < -0.4 is 15.2 Å². The Morgan fingerprint density at radius 1 is 1.02 bits per heavy atom. The molecule has 1 aromatic carbocycles. The van der Waals surface area contributed by atoms with Crippen molar-refractivity contribution >= 4 is 46.1 Å². The first-order valence-electron chi connectivity index (χ1n) is 12.5. The molecule has 3 heterocycles. The number of imidazole rings is 1. The molecule has 26 heteroatoms. The van der Waals surface area contributed by atoms with Crippen molar-refractivity contribution in [2.75, 3.05) is 26.6 Å². The molecule has 1 fully saturated rings. The highest BCUT2D eigenvalue weighted by Crippen LogP contribution is 2.68. The van der Waals surface area contributed by atoms with Gasteiger partial charge in [-0.15, -0.1) is 0 Å². The molecule has 7 N–H and O–H groups in total. The molecule has 1 aliphatic rings. The molecule has 4 rings (SSSR count). The van der Waals surface area contributed by atoms with Crippen LogP contribution in [0.2, 0.25) is 0 Å². The van der Waals surface area contributed by atoms with Gasteiger partial charge in [-0.1, -0.05) is 0 Å². The zero-order valence-electron chi connectivity index (χ0n) is 23.7. The highest BCUT2D eigenvalue weighted by molar-refractivity contribution is 7.66. The molecule has 8 atom stereocenters.